The molecule has 0 aliphatic heterocycles. The molecule has 0 atom stereocenters. The van der Waals surface area contributed by atoms with E-state index in [1.165, 1.54) is 0 Å². The third kappa shape index (κ3) is 7.06. The number of ether oxygens (including phenoxy) is 2. The first-order valence-electron chi connectivity index (χ1n) is 14.1. The lowest BCUT2D eigenvalue weighted by Gasteiger charge is -2.36. The molecule has 2 aromatic heterocycles. The Hall–Kier alpha value is -4.02. The molecule has 0 unspecified atom stereocenters. The van der Waals surface area contributed by atoms with E-state index in [0.717, 1.165) is 34.4 Å². The van der Waals surface area contributed by atoms with Gasteiger partial charge in [-0.05, 0) is 54.9 Å². The Balaban J connectivity index is 1.70. The maximum atomic E-state index is 12.1. The van der Waals surface area contributed by atoms with Crippen LogP contribution in [0, 0.1) is 0 Å². The summed E-state index contributed by atoms with van der Waals surface area (Å²) in [5, 5.41) is 2.76. The van der Waals surface area contributed by atoms with E-state index in [0.29, 0.717) is 36.0 Å². The van der Waals surface area contributed by atoms with Crippen molar-refractivity contribution in [2.24, 2.45) is 0 Å². The molecule has 222 valence electrons. The monoisotopic (exact) mass is 587 g/mol. The number of aromatic nitrogens is 3. The first-order valence-corrected chi connectivity index (χ1v) is 17.0. The van der Waals surface area contributed by atoms with Gasteiger partial charge in [0.2, 0.25) is 0 Å². The molecule has 0 saturated carbocycles. The lowest BCUT2D eigenvalue weighted by atomic mass is 10.1. The molecule has 4 rings (SSSR count). The van der Waals surface area contributed by atoms with Gasteiger partial charge in [-0.25, -0.2) is 4.98 Å². The highest BCUT2D eigenvalue weighted by Crippen LogP contribution is 2.37. The van der Waals surface area contributed by atoms with Crippen molar-refractivity contribution in [1.29, 1.82) is 0 Å². The van der Waals surface area contributed by atoms with E-state index in [9.17, 15) is 4.79 Å². The van der Waals surface area contributed by atoms with Gasteiger partial charge in [0.05, 0.1) is 37.1 Å². The van der Waals surface area contributed by atoms with Crippen molar-refractivity contribution >= 4 is 36.6 Å². The molecule has 2 heterocycles. The van der Waals surface area contributed by atoms with Gasteiger partial charge in [-0.2, -0.15) is 0 Å². The van der Waals surface area contributed by atoms with Gasteiger partial charge >= 0.3 is 0 Å². The van der Waals surface area contributed by atoms with Crippen LogP contribution < -0.4 is 19.7 Å². The van der Waals surface area contributed by atoms with Crippen molar-refractivity contribution < 1.29 is 18.7 Å². The van der Waals surface area contributed by atoms with Crippen molar-refractivity contribution in [2.75, 3.05) is 39.3 Å². The average molecular weight is 588 g/mol. The van der Waals surface area contributed by atoms with Crippen molar-refractivity contribution in [3.63, 3.8) is 0 Å². The number of benzene rings is 2. The van der Waals surface area contributed by atoms with Crippen LogP contribution in [0.25, 0.3) is 22.3 Å². The Morgan fingerprint density at radius 1 is 0.929 bits per heavy atom. The van der Waals surface area contributed by atoms with Gasteiger partial charge < -0.3 is 24.1 Å². The number of nitrogens with one attached hydrogen (secondary N) is 1. The highest BCUT2D eigenvalue weighted by atomic mass is 28.4. The smallest absolute Gasteiger partial charge is 0.269 e. The van der Waals surface area contributed by atoms with Crippen LogP contribution in [0.4, 0.5) is 11.4 Å². The normalized spacial score (nSPS) is 11.8. The largest absolute Gasteiger partial charge is 0.497 e. The van der Waals surface area contributed by atoms with Crippen LogP contribution >= 0.6 is 0 Å². The molecule has 0 spiro atoms. The van der Waals surface area contributed by atoms with E-state index in [1.54, 1.807) is 39.7 Å². The molecule has 2 aromatic carbocycles. The summed E-state index contributed by atoms with van der Waals surface area (Å²) < 4.78 is 17.6. The average Bonchev–Trinajstić information content (AvgIpc) is 2.99. The molecule has 0 fully saturated rings. The van der Waals surface area contributed by atoms with Gasteiger partial charge in [0, 0.05) is 61.5 Å². The zero-order chi connectivity index (χ0) is 30.5. The van der Waals surface area contributed by atoms with Crippen LogP contribution in [-0.4, -0.2) is 63.6 Å². The van der Waals surface area contributed by atoms with Crippen molar-refractivity contribution in [2.45, 2.75) is 45.3 Å². The minimum absolute atomic E-state index is 0.150. The zero-order valence-corrected chi connectivity index (χ0v) is 26.8. The summed E-state index contributed by atoms with van der Waals surface area (Å²) in [4.78, 5) is 28.1. The lowest BCUT2D eigenvalue weighted by Crippen LogP contribution is -2.41. The lowest BCUT2D eigenvalue weighted by molar-refractivity contribution is 0.0958. The molecule has 1 N–H and O–H groups in total. The number of anilines is 2. The van der Waals surface area contributed by atoms with Crippen LogP contribution in [0.3, 0.4) is 0 Å². The Kier molecular flexibility index (Phi) is 9.48. The first-order chi connectivity index (χ1) is 20.0. The number of carbonyl (C=O) groups excluding carboxylic acids is 1. The minimum Gasteiger partial charge on any atom is -0.497 e. The highest BCUT2D eigenvalue weighted by Gasteiger charge is 2.36. The summed E-state index contributed by atoms with van der Waals surface area (Å²) in [6.45, 7) is 12.7. The SMILES string of the molecule is CNC(=O)c1cc(-c2cnc3ccc(N(CCCO[Si](C)(C)C(C)(C)C)c4cc(OC)cc(OC)c4)cc3n2)ccn1. The predicted octanol–water partition coefficient (Wildman–Crippen LogP) is 6.62. The molecule has 0 bridgehead atoms. The Bertz CT molecular complexity index is 1530. The fourth-order valence-electron chi connectivity index (χ4n) is 4.27. The van der Waals surface area contributed by atoms with Crippen molar-refractivity contribution in [1.82, 2.24) is 20.3 Å². The van der Waals surface area contributed by atoms with E-state index in [2.05, 4.69) is 54.0 Å². The van der Waals surface area contributed by atoms with Crippen molar-refractivity contribution in [3.05, 3.63) is 66.6 Å². The van der Waals surface area contributed by atoms with Gasteiger partial charge in [-0.15, -0.1) is 0 Å². The second-order valence-corrected chi connectivity index (χ2v) is 16.4. The van der Waals surface area contributed by atoms with Crippen LogP contribution in [0.1, 0.15) is 37.7 Å². The maximum absolute atomic E-state index is 12.1. The summed E-state index contributed by atoms with van der Waals surface area (Å²) in [5.74, 6) is 1.16. The fraction of sp³-hybridized carbons (Fsp3) is 0.375. The highest BCUT2D eigenvalue weighted by molar-refractivity contribution is 6.74. The number of hydrogen-bond donors (Lipinski definition) is 1. The standard InChI is InChI=1S/C32H41N5O4Si/c1-32(2,3)42(7,8)41-15-9-14-37(24-17-25(39-5)20-26(18-24)40-6)23-10-11-27-28(19-23)36-30(21-35-27)22-12-13-34-29(16-22)31(38)33-4/h10-13,16-21H,9,14-15H2,1-8H3,(H,33,38). The summed E-state index contributed by atoms with van der Waals surface area (Å²) in [6.07, 6.45) is 4.15. The van der Waals surface area contributed by atoms with E-state index >= 15 is 0 Å². The predicted molar refractivity (Wildman–Crippen MR) is 170 cm³/mol. The maximum Gasteiger partial charge on any atom is 0.269 e. The van der Waals surface area contributed by atoms with Crippen LogP contribution in [0.5, 0.6) is 11.5 Å². The van der Waals surface area contributed by atoms with Crippen LogP contribution in [0.2, 0.25) is 18.1 Å². The molecule has 0 aliphatic carbocycles. The number of pyridine rings is 1. The van der Waals surface area contributed by atoms with E-state index in [-0.39, 0.29) is 10.9 Å². The Morgan fingerprint density at radius 3 is 2.29 bits per heavy atom. The van der Waals surface area contributed by atoms with E-state index in [4.69, 9.17) is 18.9 Å². The summed E-state index contributed by atoms with van der Waals surface area (Å²) in [5.41, 5.74) is 5.14. The quantitative estimate of drug-likeness (QED) is 0.154. The Morgan fingerprint density at radius 2 is 1.64 bits per heavy atom. The number of nitrogens with zero attached hydrogens (tertiary/aromatic N) is 4. The molecule has 9 nitrogen and oxygen atoms in total. The fourth-order valence-corrected chi connectivity index (χ4v) is 5.36. The van der Waals surface area contributed by atoms with E-state index in [1.807, 2.05) is 42.5 Å². The Labute approximate surface area is 249 Å². The molecular formula is C32H41N5O4Si. The first kappa shape index (κ1) is 30.9. The number of methoxy groups -OCH3 is 2. The number of carbonyl (C=O) groups is 1. The number of hydrogen-bond acceptors (Lipinski definition) is 8. The molecule has 0 radical (unpaired) electrons. The number of rotatable bonds is 11. The van der Waals surface area contributed by atoms with Gasteiger partial charge in [0.25, 0.3) is 5.91 Å². The minimum atomic E-state index is -1.86. The van der Waals surface area contributed by atoms with Gasteiger partial charge in [-0.1, -0.05) is 20.8 Å². The van der Waals surface area contributed by atoms with Gasteiger partial charge in [-0.3, -0.25) is 14.8 Å². The molecular weight excluding hydrogens is 546 g/mol. The summed E-state index contributed by atoms with van der Waals surface area (Å²) in [7, 11) is 3.02. The van der Waals surface area contributed by atoms with Crippen LogP contribution in [0.15, 0.2) is 60.9 Å². The third-order valence-corrected chi connectivity index (χ3v) is 12.3. The summed E-state index contributed by atoms with van der Waals surface area (Å²) in [6, 6.07) is 15.5. The van der Waals surface area contributed by atoms with Gasteiger partial charge in [0.15, 0.2) is 8.32 Å². The molecule has 0 saturated heterocycles. The molecule has 42 heavy (non-hydrogen) atoms. The van der Waals surface area contributed by atoms with Crippen LogP contribution in [-0.2, 0) is 4.43 Å². The summed E-state index contributed by atoms with van der Waals surface area (Å²) >= 11 is 0. The number of amides is 1. The van der Waals surface area contributed by atoms with Gasteiger partial charge in [0.1, 0.15) is 17.2 Å². The number of fused-ring (bicyclic) bond motifs is 1. The van der Waals surface area contributed by atoms with Crippen molar-refractivity contribution in [3.8, 4) is 22.8 Å². The third-order valence-electron chi connectivity index (χ3n) is 7.80. The van der Waals surface area contributed by atoms with E-state index < -0.39 is 8.32 Å². The topological polar surface area (TPSA) is 98.7 Å². The molecule has 10 heteroatoms. The second-order valence-electron chi connectivity index (χ2n) is 11.6. The second kappa shape index (κ2) is 12.9. The zero-order valence-electron chi connectivity index (χ0n) is 25.8. The molecule has 0 aliphatic rings. The molecule has 1 amide bonds. The molecule has 4 aromatic rings.